The van der Waals surface area contributed by atoms with Gasteiger partial charge in [-0.15, -0.1) is 17.8 Å². The van der Waals surface area contributed by atoms with Gasteiger partial charge in [0.1, 0.15) is 17.4 Å². The number of anilines is 1. The zero-order valence-corrected chi connectivity index (χ0v) is 21.1. The maximum absolute atomic E-state index is 13.4. The van der Waals surface area contributed by atoms with Crippen molar-refractivity contribution in [3.8, 4) is 18.1 Å². The number of rotatable bonds is 6. The summed E-state index contributed by atoms with van der Waals surface area (Å²) in [5.74, 6) is 3.04. The van der Waals surface area contributed by atoms with Crippen molar-refractivity contribution in [1.29, 1.82) is 0 Å². The van der Waals surface area contributed by atoms with Crippen molar-refractivity contribution in [2.24, 2.45) is 4.99 Å². The topological polar surface area (TPSA) is 50.7 Å². The molecule has 0 saturated carbocycles. The highest BCUT2D eigenvalue weighted by atomic mass is 79.9. The smallest absolute Gasteiger partial charge is 0.259 e. The molecule has 0 aliphatic heterocycles. The van der Waals surface area contributed by atoms with Gasteiger partial charge in [-0.2, -0.15) is 0 Å². The third-order valence-electron chi connectivity index (χ3n) is 5.46. The summed E-state index contributed by atoms with van der Waals surface area (Å²) in [6, 6.07) is 11.8. The van der Waals surface area contributed by atoms with Crippen LogP contribution in [0.5, 0.6) is 5.75 Å². The Morgan fingerprint density at radius 3 is 2.73 bits per heavy atom. The number of hydrogen-bond acceptors (Lipinski definition) is 4. The van der Waals surface area contributed by atoms with Crippen LogP contribution >= 0.6 is 27.3 Å². The lowest BCUT2D eigenvalue weighted by atomic mass is 9.95. The van der Waals surface area contributed by atoms with Gasteiger partial charge in [-0.05, 0) is 86.6 Å². The van der Waals surface area contributed by atoms with E-state index in [1.165, 1.54) is 4.88 Å². The molecule has 4 nitrogen and oxygen atoms in total. The number of amides is 1. The summed E-state index contributed by atoms with van der Waals surface area (Å²) in [7, 11) is 0. The van der Waals surface area contributed by atoms with Crippen molar-refractivity contribution in [3.05, 3.63) is 73.6 Å². The van der Waals surface area contributed by atoms with Crippen molar-refractivity contribution in [2.75, 3.05) is 11.9 Å². The molecule has 33 heavy (non-hydrogen) atoms. The first-order valence-electron chi connectivity index (χ1n) is 10.9. The lowest BCUT2D eigenvalue weighted by Gasteiger charge is -2.13. The standard InChI is InChI=1S/C27H25BrN2O2S/c1-4-11-32-23-10-9-20(28)15-19(23)16-29-27-25(22-7-5-6-8-24(22)33-27)26(31)30-21-13-17(2)12-18(3)14-21/h1,9-10,12-16H,5-8,11H2,2-3H3,(H,30,31). The molecule has 1 N–H and O–H groups in total. The Morgan fingerprint density at radius 2 is 1.97 bits per heavy atom. The van der Waals surface area contributed by atoms with E-state index in [1.54, 1.807) is 17.6 Å². The summed E-state index contributed by atoms with van der Waals surface area (Å²) in [6.07, 6.45) is 11.2. The van der Waals surface area contributed by atoms with Crippen LogP contribution in [0.25, 0.3) is 0 Å². The van der Waals surface area contributed by atoms with E-state index in [0.29, 0.717) is 11.3 Å². The Kier molecular flexibility index (Phi) is 7.32. The number of benzene rings is 2. The van der Waals surface area contributed by atoms with E-state index in [0.717, 1.165) is 63.1 Å². The number of fused-ring (bicyclic) bond motifs is 1. The van der Waals surface area contributed by atoms with E-state index < -0.39 is 0 Å². The fourth-order valence-electron chi connectivity index (χ4n) is 4.12. The molecular formula is C27H25BrN2O2S. The minimum atomic E-state index is -0.107. The molecule has 3 aromatic rings. The number of aliphatic imine (C=N–C) groups is 1. The zero-order valence-electron chi connectivity index (χ0n) is 18.7. The highest BCUT2D eigenvalue weighted by Crippen LogP contribution is 2.40. The second kappa shape index (κ2) is 10.4. The maximum atomic E-state index is 13.4. The fraction of sp³-hybridized carbons (Fsp3) is 0.259. The average Bonchev–Trinajstić information content (AvgIpc) is 3.15. The van der Waals surface area contributed by atoms with Gasteiger partial charge < -0.3 is 10.1 Å². The van der Waals surface area contributed by atoms with Gasteiger partial charge in [0.05, 0.1) is 5.56 Å². The van der Waals surface area contributed by atoms with Gasteiger partial charge in [-0.3, -0.25) is 4.79 Å². The molecule has 1 aromatic heterocycles. The number of terminal acetylenes is 1. The summed E-state index contributed by atoms with van der Waals surface area (Å²) in [6.45, 7) is 4.24. The minimum Gasteiger partial charge on any atom is -0.480 e. The highest BCUT2D eigenvalue weighted by Gasteiger charge is 2.25. The van der Waals surface area contributed by atoms with Crippen LogP contribution in [0.15, 0.2) is 45.9 Å². The second-order valence-corrected chi connectivity index (χ2v) is 10.2. The van der Waals surface area contributed by atoms with Crippen molar-refractivity contribution in [2.45, 2.75) is 39.5 Å². The summed E-state index contributed by atoms with van der Waals surface area (Å²) in [5, 5.41) is 3.83. The summed E-state index contributed by atoms with van der Waals surface area (Å²) in [5.41, 5.74) is 5.66. The molecular weight excluding hydrogens is 496 g/mol. The van der Waals surface area contributed by atoms with Gasteiger partial charge >= 0.3 is 0 Å². The van der Waals surface area contributed by atoms with Crippen molar-refractivity contribution < 1.29 is 9.53 Å². The first-order chi connectivity index (χ1) is 15.9. The number of nitrogens with one attached hydrogen (secondary N) is 1. The molecule has 0 atom stereocenters. The van der Waals surface area contributed by atoms with Crippen LogP contribution in [0.2, 0.25) is 0 Å². The number of carbonyl (C=O) groups is 1. The van der Waals surface area contributed by atoms with Crippen molar-refractivity contribution in [3.63, 3.8) is 0 Å². The molecule has 1 aliphatic carbocycles. The molecule has 0 saturated heterocycles. The molecule has 1 aliphatic rings. The van der Waals surface area contributed by atoms with Gasteiger partial charge in [0, 0.05) is 26.8 Å². The van der Waals surface area contributed by atoms with Crippen LogP contribution < -0.4 is 10.1 Å². The van der Waals surface area contributed by atoms with E-state index in [1.807, 2.05) is 44.2 Å². The zero-order chi connectivity index (χ0) is 23.4. The molecule has 4 rings (SSSR count). The molecule has 0 unspecified atom stereocenters. The third kappa shape index (κ3) is 5.55. The summed E-state index contributed by atoms with van der Waals surface area (Å²) >= 11 is 5.12. The SMILES string of the molecule is C#CCOc1ccc(Br)cc1C=Nc1sc2c(c1C(=O)Nc1cc(C)cc(C)c1)CCCC2. The molecule has 0 spiro atoms. The molecule has 0 bridgehead atoms. The molecule has 0 fully saturated rings. The number of ether oxygens (including phenoxy) is 1. The molecule has 0 radical (unpaired) electrons. The van der Waals surface area contributed by atoms with E-state index in [-0.39, 0.29) is 12.5 Å². The first kappa shape index (κ1) is 23.3. The van der Waals surface area contributed by atoms with Gasteiger partial charge in [0.15, 0.2) is 0 Å². The average molecular weight is 521 g/mol. The normalized spacial score (nSPS) is 12.9. The van der Waals surface area contributed by atoms with Crippen LogP contribution in [-0.4, -0.2) is 18.7 Å². The van der Waals surface area contributed by atoms with Crippen LogP contribution in [0.4, 0.5) is 10.7 Å². The van der Waals surface area contributed by atoms with E-state index >= 15 is 0 Å². The summed E-state index contributed by atoms with van der Waals surface area (Å²) in [4.78, 5) is 19.5. The molecule has 2 aromatic carbocycles. The largest absolute Gasteiger partial charge is 0.480 e. The van der Waals surface area contributed by atoms with Gasteiger partial charge in [0.2, 0.25) is 0 Å². The van der Waals surface area contributed by atoms with E-state index in [2.05, 4.69) is 33.2 Å². The van der Waals surface area contributed by atoms with Crippen LogP contribution in [0.1, 0.15) is 50.3 Å². The third-order valence-corrected chi connectivity index (χ3v) is 7.16. The molecule has 6 heteroatoms. The Balaban J connectivity index is 1.70. The number of carbonyl (C=O) groups excluding carboxylic acids is 1. The highest BCUT2D eigenvalue weighted by molar-refractivity contribution is 9.10. The van der Waals surface area contributed by atoms with Crippen molar-refractivity contribution >= 4 is 50.1 Å². The van der Waals surface area contributed by atoms with Gasteiger partial charge in [0.25, 0.3) is 5.91 Å². The molecule has 168 valence electrons. The van der Waals surface area contributed by atoms with E-state index in [9.17, 15) is 4.79 Å². The second-order valence-electron chi connectivity index (χ2n) is 8.15. The summed E-state index contributed by atoms with van der Waals surface area (Å²) < 4.78 is 6.58. The van der Waals surface area contributed by atoms with Gasteiger partial charge in [-0.1, -0.05) is 27.9 Å². The molecule has 1 amide bonds. The predicted octanol–water partition coefficient (Wildman–Crippen LogP) is 7.02. The lowest BCUT2D eigenvalue weighted by molar-refractivity contribution is 0.102. The van der Waals surface area contributed by atoms with Crippen molar-refractivity contribution in [1.82, 2.24) is 0 Å². The Morgan fingerprint density at radius 1 is 1.21 bits per heavy atom. The maximum Gasteiger partial charge on any atom is 0.259 e. The number of nitrogens with zero attached hydrogens (tertiary/aromatic N) is 1. The number of halogens is 1. The predicted molar refractivity (Wildman–Crippen MR) is 141 cm³/mol. The van der Waals surface area contributed by atoms with Crippen LogP contribution in [-0.2, 0) is 12.8 Å². The Bertz CT molecular complexity index is 1250. The molecule has 1 heterocycles. The Labute approximate surface area is 207 Å². The van der Waals surface area contributed by atoms with Gasteiger partial charge in [-0.25, -0.2) is 4.99 Å². The minimum absolute atomic E-state index is 0.107. The number of hydrogen-bond donors (Lipinski definition) is 1. The lowest BCUT2D eigenvalue weighted by Crippen LogP contribution is -2.15. The monoisotopic (exact) mass is 520 g/mol. The number of thiophene rings is 1. The Hall–Kier alpha value is -2.88. The quantitative estimate of drug-likeness (QED) is 0.280. The van der Waals surface area contributed by atoms with Crippen LogP contribution in [0.3, 0.4) is 0 Å². The number of aryl methyl sites for hydroxylation is 3. The van der Waals surface area contributed by atoms with Crippen LogP contribution in [0, 0.1) is 26.2 Å². The van der Waals surface area contributed by atoms with E-state index in [4.69, 9.17) is 16.2 Å². The first-order valence-corrected chi connectivity index (χ1v) is 12.5. The fourth-order valence-corrected chi connectivity index (χ4v) is 5.73.